The third-order valence-corrected chi connectivity index (χ3v) is 5.62. The molecule has 0 saturated carbocycles. The molecule has 1 unspecified atom stereocenters. The van der Waals surface area contributed by atoms with Gasteiger partial charge in [-0.1, -0.05) is 29.8 Å². The topological polar surface area (TPSA) is 12.0 Å². The van der Waals surface area contributed by atoms with Gasteiger partial charge >= 0.3 is 0 Å². The Bertz CT molecular complexity index is 406. The Labute approximate surface area is 124 Å². The average Bonchev–Trinajstić information content (AvgIpc) is 2.26. The number of hydrogen-bond acceptors (Lipinski definition) is 2. The van der Waals surface area contributed by atoms with Gasteiger partial charge in [0.1, 0.15) is 0 Å². The maximum atomic E-state index is 3.68. The first-order valence-corrected chi connectivity index (χ1v) is 8.52. The van der Waals surface area contributed by atoms with Crippen LogP contribution in [0.3, 0.4) is 0 Å². The van der Waals surface area contributed by atoms with E-state index in [0.29, 0.717) is 11.5 Å². The Morgan fingerprint density at radius 3 is 2.82 bits per heavy atom. The van der Waals surface area contributed by atoms with Crippen molar-refractivity contribution in [3.05, 3.63) is 27.1 Å². The van der Waals surface area contributed by atoms with Crippen LogP contribution in [0.2, 0.25) is 0 Å². The summed E-state index contributed by atoms with van der Waals surface area (Å²) in [5, 5.41) is 3.68. The molecule has 1 nitrogen and oxygen atoms in total. The van der Waals surface area contributed by atoms with Crippen LogP contribution in [0.4, 0.5) is 5.69 Å². The van der Waals surface area contributed by atoms with Crippen LogP contribution in [0.25, 0.3) is 0 Å². The minimum absolute atomic E-state index is 0.368. The van der Waals surface area contributed by atoms with Gasteiger partial charge < -0.3 is 5.32 Å². The molecular formula is C13H17Br2NS. The van der Waals surface area contributed by atoms with E-state index in [1.807, 2.05) is 11.8 Å². The number of halogens is 2. The highest BCUT2D eigenvalue weighted by Crippen LogP contribution is 2.37. The smallest absolute Gasteiger partial charge is 0.0498 e. The van der Waals surface area contributed by atoms with Gasteiger partial charge in [0.05, 0.1) is 0 Å². The van der Waals surface area contributed by atoms with E-state index < -0.39 is 0 Å². The van der Waals surface area contributed by atoms with Crippen molar-refractivity contribution in [1.82, 2.24) is 0 Å². The minimum Gasteiger partial charge on any atom is -0.380 e. The largest absolute Gasteiger partial charge is 0.380 e. The zero-order valence-electron chi connectivity index (χ0n) is 10.1. The lowest BCUT2D eigenvalue weighted by Gasteiger charge is -2.39. The summed E-state index contributed by atoms with van der Waals surface area (Å²) in [5.74, 6) is 2.47. The summed E-state index contributed by atoms with van der Waals surface area (Å²) in [5.41, 5.74) is 1.55. The van der Waals surface area contributed by atoms with E-state index in [1.54, 1.807) is 0 Å². The number of hydrogen-bond donors (Lipinski definition) is 1. The highest BCUT2D eigenvalue weighted by atomic mass is 79.9. The summed E-state index contributed by atoms with van der Waals surface area (Å²) >= 11 is 9.17. The van der Waals surface area contributed by atoms with Gasteiger partial charge in [-0.3, -0.25) is 0 Å². The quantitative estimate of drug-likeness (QED) is 0.763. The van der Waals surface area contributed by atoms with Gasteiger partial charge in [0, 0.05) is 26.4 Å². The van der Waals surface area contributed by atoms with E-state index in [4.69, 9.17) is 0 Å². The van der Waals surface area contributed by atoms with Crippen LogP contribution in [0.15, 0.2) is 27.1 Å². The molecule has 0 radical (unpaired) electrons. The molecule has 1 atom stereocenters. The standard InChI is InChI=1S/C13H17Br2NS/c1-13(2)5-6-17-8-12(13)16-11-7-9(14)3-4-10(11)15/h3-4,7,12,16H,5-6,8H2,1-2H3. The molecule has 1 heterocycles. The highest BCUT2D eigenvalue weighted by Gasteiger charge is 2.32. The molecule has 1 aliphatic rings. The summed E-state index contributed by atoms with van der Waals surface area (Å²) in [6.07, 6.45) is 1.28. The summed E-state index contributed by atoms with van der Waals surface area (Å²) < 4.78 is 2.25. The molecule has 0 spiro atoms. The van der Waals surface area contributed by atoms with Crippen LogP contribution in [0, 0.1) is 5.41 Å². The van der Waals surface area contributed by atoms with Gasteiger partial charge in [-0.25, -0.2) is 0 Å². The van der Waals surface area contributed by atoms with Crippen LogP contribution < -0.4 is 5.32 Å². The van der Waals surface area contributed by atoms with Crippen molar-refractivity contribution in [3.8, 4) is 0 Å². The lowest BCUT2D eigenvalue weighted by Crippen LogP contribution is -2.41. The van der Waals surface area contributed by atoms with Crippen LogP contribution >= 0.6 is 43.6 Å². The van der Waals surface area contributed by atoms with Gasteiger partial charge in [-0.2, -0.15) is 11.8 Å². The predicted octanol–water partition coefficient (Wildman–Crippen LogP) is 5.16. The summed E-state index contributed by atoms with van der Waals surface area (Å²) in [4.78, 5) is 0. The second-order valence-electron chi connectivity index (χ2n) is 5.13. The van der Waals surface area contributed by atoms with Gasteiger partial charge in [0.2, 0.25) is 0 Å². The number of anilines is 1. The average molecular weight is 379 g/mol. The van der Waals surface area contributed by atoms with Gasteiger partial charge in [0.25, 0.3) is 0 Å². The molecule has 4 heteroatoms. The Morgan fingerprint density at radius 2 is 2.12 bits per heavy atom. The van der Waals surface area contributed by atoms with E-state index in [9.17, 15) is 0 Å². The molecule has 94 valence electrons. The molecule has 1 aliphatic heterocycles. The Balaban J connectivity index is 2.16. The SMILES string of the molecule is CC1(C)CCSCC1Nc1cc(Br)ccc1Br. The van der Waals surface area contributed by atoms with Crippen LogP contribution in [0.5, 0.6) is 0 Å². The van der Waals surface area contributed by atoms with Crippen molar-refractivity contribution in [1.29, 1.82) is 0 Å². The summed E-state index contributed by atoms with van der Waals surface area (Å²) in [7, 11) is 0. The molecule has 0 amide bonds. The summed E-state index contributed by atoms with van der Waals surface area (Å²) in [6.45, 7) is 4.71. The second-order valence-corrected chi connectivity index (χ2v) is 8.05. The monoisotopic (exact) mass is 377 g/mol. The fourth-order valence-electron chi connectivity index (χ4n) is 1.97. The maximum Gasteiger partial charge on any atom is 0.0498 e. The second kappa shape index (κ2) is 5.54. The molecule has 1 N–H and O–H groups in total. The van der Waals surface area contributed by atoms with E-state index >= 15 is 0 Å². The van der Waals surface area contributed by atoms with Crippen molar-refractivity contribution >= 4 is 49.3 Å². The fraction of sp³-hybridized carbons (Fsp3) is 0.538. The van der Waals surface area contributed by atoms with Gasteiger partial charge in [0.15, 0.2) is 0 Å². The molecular weight excluding hydrogens is 362 g/mol. The van der Waals surface area contributed by atoms with E-state index in [0.717, 1.165) is 8.95 Å². The third-order valence-electron chi connectivity index (χ3n) is 3.38. The summed E-state index contributed by atoms with van der Waals surface area (Å²) in [6, 6.07) is 6.80. The predicted molar refractivity (Wildman–Crippen MR) is 85.0 cm³/mol. The zero-order valence-corrected chi connectivity index (χ0v) is 14.1. The van der Waals surface area contributed by atoms with Crippen molar-refractivity contribution in [2.45, 2.75) is 26.3 Å². The van der Waals surface area contributed by atoms with E-state index in [2.05, 4.69) is 69.2 Å². The molecule has 2 rings (SSSR count). The van der Waals surface area contributed by atoms with E-state index in [1.165, 1.54) is 23.6 Å². The molecule has 17 heavy (non-hydrogen) atoms. The van der Waals surface area contributed by atoms with Crippen molar-refractivity contribution in [3.63, 3.8) is 0 Å². The fourth-order valence-corrected chi connectivity index (χ4v) is 4.30. The minimum atomic E-state index is 0.368. The molecule has 1 aromatic carbocycles. The first-order chi connectivity index (χ1) is 7.99. The molecule has 0 bridgehead atoms. The zero-order chi connectivity index (χ0) is 12.5. The van der Waals surface area contributed by atoms with Crippen molar-refractivity contribution in [2.24, 2.45) is 5.41 Å². The Kier molecular flexibility index (Phi) is 4.48. The Morgan fingerprint density at radius 1 is 1.35 bits per heavy atom. The number of nitrogens with one attached hydrogen (secondary N) is 1. The van der Waals surface area contributed by atoms with Gasteiger partial charge in [-0.05, 0) is 51.7 Å². The van der Waals surface area contributed by atoms with Crippen molar-refractivity contribution in [2.75, 3.05) is 16.8 Å². The molecule has 1 saturated heterocycles. The lowest BCUT2D eigenvalue weighted by molar-refractivity contribution is 0.305. The number of rotatable bonds is 2. The molecule has 1 aromatic rings. The lowest BCUT2D eigenvalue weighted by atomic mass is 9.82. The number of thioether (sulfide) groups is 1. The molecule has 0 aliphatic carbocycles. The number of benzene rings is 1. The Hall–Kier alpha value is 0.330. The third kappa shape index (κ3) is 3.42. The van der Waals surface area contributed by atoms with Gasteiger partial charge in [-0.15, -0.1) is 0 Å². The van der Waals surface area contributed by atoms with Crippen LogP contribution in [0.1, 0.15) is 20.3 Å². The molecule has 1 fully saturated rings. The van der Waals surface area contributed by atoms with Crippen LogP contribution in [-0.4, -0.2) is 17.5 Å². The van der Waals surface area contributed by atoms with E-state index in [-0.39, 0.29) is 0 Å². The normalized spacial score (nSPS) is 23.4. The highest BCUT2D eigenvalue weighted by molar-refractivity contribution is 9.11. The maximum absolute atomic E-state index is 3.68. The molecule has 0 aromatic heterocycles. The van der Waals surface area contributed by atoms with Crippen molar-refractivity contribution < 1.29 is 0 Å². The van der Waals surface area contributed by atoms with Crippen LogP contribution in [-0.2, 0) is 0 Å². The first kappa shape index (κ1) is 13.8. The first-order valence-electron chi connectivity index (χ1n) is 5.78.